The topological polar surface area (TPSA) is 38.5 Å². The van der Waals surface area contributed by atoms with Crippen molar-refractivity contribution in [3.05, 3.63) is 0 Å². The van der Waals surface area contributed by atoms with Gasteiger partial charge in [-0.1, -0.05) is 0 Å². The highest BCUT2D eigenvalue weighted by Crippen LogP contribution is 2.19. The number of nitrogens with two attached hydrogens (primary N) is 1. The van der Waals surface area contributed by atoms with Crippen LogP contribution in [-0.4, -0.2) is 43.3 Å². The molecule has 2 heterocycles. The second-order valence-corrected chi connectivity index (χ2v) is 4.24. The van der Waals surface area contributed by atoms with Crippen LogP contribution in [-0.2, 0) is 4.74 Å². The van der Waals surface area contributed by atoms with Gasteiger partial charge in [0.05, 0.1) is 0 Å². The van der Waals surface area contributed by atoms with Crippen LogP contribution in [0, 0.1) is 0 Å². The maximum Gasteiger partial charge on any atom is 0.0480 e. The molecule has 0 saturated carbocycles. The number of nitrogens with zero attached hydrogens (tertiary/aromatic N) is 1. The predicted molar refractivity (Wildman–Crippen MR) is 59.9 cm³/mol. The third-order valence-corrected chi connectivity index (χ3v) is 3.19. The molecule has 14 heavy (non-hydrogen) atoms. The van der Waals surface area contributed by atoms with E-state index >= 15 is 0 Å². The lowest BCUT2D eigenvalue weighted by Crippen LogP contribution is -2.35. The zero-order valence-electron chi connectivity index (χ0n) is 8.65. The fourth-order valence-corrected chi connectivity index (χ4v) is 2.40. The molecule has 84 valence electrons. The largest absolute Gasteiger partial charge is 0.381 e. The van der Waals surface area contributed by atoms with E-state index in [4.69, 9.17) is 10.5 Å². The lowest BCUT2D eigenvalue weighted by molar-refractivity contribution is 0.134. The Kier molecular flexibility index (Phi) is 5.17. The summed E-state index contributed by atoms with van der Waals surface area (Å²) < 4.78 is 5.45. The van der Waals surface area contributed by atoms with Crippen LogP contribution in [0.4, 0.5) is 0 Å². The van der Waals surface area contributed by atoms with Gasteiger partial charge in [0, 0.05) is 38.4 Å². The Bertz CT molecular complexity index is 160. The summed E-state index contributed by atoms with van der Waals surface area (Å²) in [5, 5.41) is 0. The molecule has 3 nitrogen and oxygen atoms in total. The maximum atomic E-state index is 5.90. The van der Waals surface area contributed by atoms with E-state index in [2.05, 4.69) is 4.90 Å². The van der Waals surface area contributed by atoms with Crippen LogP contribution in [0.5, 0.6) is 0 Å². The molecule has 0 radical (unpaired) electrons. The van der Waals surface area contributed by atoms with E-state index in [1.54, 1.807) is 0 Å². The molecule has 0 amide bonds. The van der Waals surface area contributed by atoms with Crippen molar-refractivity contribution in [1.29, 1.82) is 0 Å². The van der Waals surface area contributed by atoms with Crippen molar-refractivity contribution >= 4 is 12.4 Å². The van der Waals surface area contributed by atoms with Crippen molar-refractivity contribution in [1.82, 2.24) is 4.90 Å². The summed E-state index contributed by atoms with van der Waals surface area (Å²) in [6.45, 7) is 4.20. The number of ether oxygens (including phenoxy) is 1. The van der Waals surface area contributed by atoms with Crippen LogP contribution >= 0.6 is 12.4 Å². The Hall–Kier alpha value is 0.170. The average Bonchev–Trinajstić information content (AvgIpc) is 2.43. The lowest BCUT2D eigenvalue weighted by atomic mass is 10.1. The molecule has 2 atom stereocenters. The molecule has 2 fully saturated rings. The molecule has 0 bridgehead atoms. The van der Waals surface area contributed by atoms with Gasteiger partial charge in [-0.2, -0.15) is 0 Å². The quantitative estimate of drug-likeness (QED) is 0.717. The van der Waals surface area contributed by atoms with Crippen molar-refractivity contribution in [2.75, 3.05) is 26.3 Å². The minimum absolute atomic E-state index is 0. The summed E-state index contributed by atoms with van der Waals surface area (Å²) in [5.74, 6) is 0. The number of hydrogen-bond acceptors (Lipinski definition) is 3. The first-order chi connectivity index (χ1) is 6.36. The van der Waals surface area contributed by atoms with E-state index in [0.717, 1.165) is 25.8 Å². The summed E-state index contributed by atoms with van der Waals surface area (Å²) in [7, 11) is 0. The Morgan fingerprint density at radius 1 is 1.14 bits per heavy atom. The van der Waals surface area contributed by atoms with Gasteiger partial charge in [-0.3, -0.25) is 4.90 Å². The van der Waals surface area contributed by atoms with E-state index in [0.29, 0.717) is 6.04 Å². The van der Waals surface area contributed by atoms with Crippen molar-refractivity contribution in [2.24, 2.45) is 5.73 Å². The number of rotatable bonds is 1. The molecule has 0 spiro atoms. The van der Waals surface area contributed by atoms with Crippen LogP contribution in [0.1, 0.15) is 25.7 Å². The van der Waals surface area contributed by atoms with Crippen molar-refractivity contribution in [3.63, 3.8) is 0 Å². The molecule has 4 heteroatoms. The second-order valence-electron chi connectivity index (χ2n) is 4.24. The number of hydrogen-bond donors (Lipinski definition) is 1. The van der Waals surface area contributed by atoms with Crippen molar-refractivity contribution < 1.29 is 4.74 Å². The molecule has 1 unspecified atom stereocenters. The second kappa shape index (κ2) is 5.91. The molecular weight excluding hydrogens is 200 g/mol. The van der Waals surface area contributed by atoms with Gasteiger partial charge in [0.2, 0.25) is 0 Å². The Morgan fingerprint density at radius 3 is 2.71 bits per heavy atom. The monoisotopic (exact) mass is 220 g/mol. The molecule has 2 aliphatic rings. The van der Waals surface area contributed by atoms with Crippen LogP contribution in [0.3, 0.4) is 0 Å². The molecule has 2 aliphatic heterocycles. The molecule has 0 aromatic heterocycles. The standard InChI is InChI=1S/C10H20N2O.ClH/c11-9-3-5-12(8-9)10-2-1-6-13-7-4-10;/h9-10H,1-8,11H2;1H/t9-,10?;/m0./s1. The highest BCUT2D eigenvalue weighted by Gasteiger charge is 2.26. The van der Waals surface area contributed by atoms with Crippen LogP contribution in [0.25, 0.3) is 0 Å². The summed E-state index contributed by atoms with van der Waals surface area (Å²) >= 11 is 0. The van der Waals surface area contributed by atoms with E-state index in [9.17, 15) is 0 Å². The summed E-state index contributed by atoms with van der Waals surface area (Å²) in [5.41, 5.74) is 5.90. The molecular formula is C10H21ClN2O. The zero-order chi connectivity index (χ0) is 9.10. The predicted octanol–water partition coefficient (Wildman–Crippen LogP) is 1.01. The molecule has 0 aliphatic carbocycles. The Balaban J connectivity index is 0.000000980. The normalized spacial score (nSPS) is 34.9. The number of likely N-dealkylation sites (tertiary alicyclic amines) is 1. The van der Waals surface area contributed by atoms with Gasteiger partial charge in [0.15, 0.2) is 0 Å². The van der Waals surface area contributed by atoms with Gasteiger partial charge in [-0.05, 0) is 25.7 Å². The summed E-state index contributed by atoms with van der Waals surface area (Å²) in [4.78, 5) is 2.55. The van der Waals surface area contributed by atoms with Gasteiger partial charge >= 0.3 is 0 Å². The van der Waals surface area contributed by atoms with E-state index in [1.807, 2.05) is 0 Å². The van der Waals surface area contributed by atoms with E-state index in [-0.39, 0.29) is 12.4 Å². The van der Waals surface area contributed by atoms with Gasteiger partial charge in [0.1, 0.15) is 0 Å². The Morgan fingerprint density at radius 2 is 2.00 bits per heavy atom. The van der Waals surface area contributed by atoms with Gasteiger partial charge in [-0.25, -0.2) is 0 Å². The van der Waals surface area contributed by atoms with Crippen molar-refractivity contribution in [3.8, 4) is 0 Å². The first-order valence-corrected chi connectivity index (χ1v) is 5.43. The smallest absolute Gasteiger partial charge is 0.0480 e. The SMILES string of the molecule is Cl.N[C@H]1CCN(C2CCCOCC2)C1. The van der Waals surface area contributed by atoms with E-state index in [1.165, 1.54) is 32.2 Å². The van der Waals surface area contributed by atoms with Crippen LogP contribution in [0.15, 0.2) is 0 Å². The third-order valence-electron chi connectivity index (χ3n) is 3.19. The number of halogens is 1. The van der Waals surface area contributed by atoms with Crippen LogP contribution in [0.2, 0.25) is 0 Å². The average molecular weight is 221 g/mol. The lowest BCUT2D eigenvalue weighted by Gasteiger charge is -2.25. The maximum absolute atomic E-state index is 5.90. The van der Waals surface area contributed by atoms with E-state index < -0.39 is 0 Å². The Labute approximate surface area is 92.4 Å². The third kappa shape index (κ3) is 3.09. The molecule has 2 N–H and O–H groups in total. The minimum atomic E-state index is 0. The molecule has 2 saturated heterocycles. The first kappa shape index (κ1) is 12.2. The molecule has 0 aromatic rings. The highest BCUT2D eigenvalue weighted by molar-refractivity contribution is 5.85. The first-order valence-electron chi connectivity index (χ1n) is 5.43. The van der Waals surface area contributed by atoms with Gasteiger partial charge in [-0.15, -0.1) is 12.4 Å². The van der Waals surface area contributed by atoms with Crippen molar-refractivity contribution in [2.45, 2.75) is 37.8 Å². The van der Waals surface area contributed by atoms with Gasteiger partial charge < -0.3 is 10.5 Å². The fourth-order valence-electron chi connectivity index (χ4n) is 2.40. The summed E-state index contributed by atoms with van der Waals surface area (Å²) in [6.07, 6.45) is 4.90. The highest BCUT2D eigenvalue weighted by atomic mass is 35.5. The van der Waals surface area contributed by atoms with Crippen LogP contribution < -0.4 is 5.73 Å². The zero-order valence-corrected chi connectivity index (χ0v) is 9.47. The molecule has 2 rings (SSSR count). The van der Waals surface area contributed by atoms with Gasteiger partial charge in [0.25, 0.3) is 0 Å². The fraction of sp³-hybridized carbons (Fsp3) is 1.00. The molecule has 0 aromatic carbocycles. The summed E-state index contributed by atoms with van der Waals surface area (Å²) in [6, 6.07) is 1.17. The minimum Gasteiger partial charge on any atom is -0.381 e.